The molecule has 0 aromatic carbocycles. The van der Waals surface area contributed by atoms with Gasteiger partial charge in [0.1, 0.15) is 12.8 Å². The smallest absolute Gasteiger partial charge is 0.306 e. The van der Waals surface area contributed by atoms with Gasteiger partial charge < -0.3 is 20.7 Å². The summed E-state index contributed by atoms with van der Waals surface area (Å²) in [4.78, 5) is 11.6. The second-order valence-electron chi connectivity index (χ2n) is 6.69. The van der Waals surface area contributed by atoms with E-state index in [0.29, 0.717) is 24.3 Å². The minimum Gasteiger partial charge on any atom is -0.463 e. The van der Waals surface area contributed by atoms with Crippen LogP contribution in [0, 0.1) is 11.3 Å². The number of nitrogens with two attached hydrogens (primary N) is 1. The van der Waals surface area contributed by atoms with E-state index in [1.165, 1.54) is 0 Å². The molecule has 0 saturated heterocycles. The number of thioether (sulfide) groups is 1. The van der Waals surface area contributed by atoms with Crippen molar-refractivity contribution in [2.45, 2.75) is 65.7 Å². The Morgan fingerprint density at radius 2 is 2.00 bits per heavy atom. The normalized spacial score (nSPS) is 16.1. The summed E-state index contributed by atoms with van der Waals surface area (Å²) < 4.78 is 5.08. The second kappa shape index (κ2) is 11.3. The number of hydrogen-bond acceptors (Lipinski definition) is 6. The van der Waals surface area contributed by atoms with E-state index in [9.17, 15) is 9.90 Å². The van der Waals surface area contributed by atoms with Crippen molar-refractivity contribution < 1.29 is 19.7 Å². The fourth-order valence-electron chi connectivity index (χ4n) is 1.60. The van der Waals surface area contributed by atoms with Crippen molar-refractivity contribution >= 4 is 17.7 Å². The average Bonchev–Trinajstić information content (AvgIpc) is 2.47. The van der Waals surface area contributed by atoms with Crippen molar-refractivity contribution in [3.63, 3.8) is 0 Å². The lowest BCUT2D eigenvalue weighted by Gasteiger charge is -2.23. The Morgan fingerprint density at radius 1 is 1.36 bits per heavy atom. The van der Waals surface area contributed by atoms with Gasteiger partial charge in [-0.05, 0) is 24.0 Å². The van der Waals surface area contributed by atoms with Crippen LogP contribution in [0.2, 0.25) is 0 Å². The van der Waals surface area contributed by atoms with E-state index in [-0.39, 0.29) is 23.9 Å². The monoisotopic (exact) mass is 335 g/mol. The number of aliphatic hydroxyl groups is 2. The molecule has 6 heteroatoms. The Balaban J connectivity index is 3.68. The maximum Gasteiger partial charge on any atom is 0.306 e. The molecule has 5 nitrogen and oxygen atoms in total. The van der Waals surface area contributed by atoms with Crippen molar-refractivity contribution in [3.05, 3.63) is 0 Å². The molecule has 0 fully saturated rings. The summed E-state index contributed by atoms with van der Waals surface area (Å²) >= 11 is 1.57. The van der Waals surface area contributed by atoms with Crippen LogP contribution in [0.4, 0.5) is 0 Å². The van der Waals surface area contributed by atoms with Crippen LogP contribution in [0.3, 0.4) is 0 Å². The zero-order chi connectivity index (χ0) is 17.2. The fourth-order valence-corrected chi connectivity index (χ4v) is 2.65. The van der Waals surface area contributed by atoms with Crippen molar-refractivity contribution in [2.75, 3.05) is 18.1 Å². The third kappa shape index (κ3) is 11.3. The van der Waals surface area contributed by atoms with E-state index in [4.69, 9.17) is 15.6 Å². The van der Waals surface area contributed by atoms with Gasteiger partial charge >= 0.3 is 5.97 Å². The summed E-state index contributed by atoms with van der Waals surface area (Å²) in [7, 11) is 0. The predicted molar refractivity (Wildman–Crippen MR) is 91.6 cm³/mol. The summed E-state index contributed by atoms with van der Waals surface area (Å²) in [6, 6.07) is 0. The molecule has 0 radical (unpaired) electrons. The average molecular weight is 336 g/mol. The molecule has 22 heavy (non-hydrogen) atoms. The van der Waals surface area contributed by atoms with Gasteiger partial charge in [-0.3, -0.25) is 4.79 Å². The molecule has 4 N–H and O–H groups in total. The van der Waals surface area contributed by atoms with E-state index >= 15 is 0 Å². The quantitative estimate of drug-likeness (QED) is 0.287. The highest BCUT2D eigenvalue weighted by Gasteiger charge is 2.18. The van der Waals surface area contributed by atoms with Crippen LogP contribution in [-0.4, -0.2) is 46.6 Å². The van der Waals surface area contributed by atoms with Gasteiger partial charge in [0.05, 0.1) is 12.5 Å². The predicted octanol–water partition coefficient (Wildman–Crippen LogP) is 2.14. The summed E-state index contributed by atoms with van der Waals surface area (Å²) in [6.07, 6.45) is 1.53. The molecule has 0 aliphatic rings. The molecule has 0 aromatic heterocycles. The molecule has 0 bridgehead atoms. The van der Waals surface area contributed by atoms with Crippen LogP contribution in [0.1, 0.15) is 53.4 Å². The first-order valence-corrected chi connectivity index (χ1v) is 9.18. The maximum absolute atomic E-state index is 11.6. The second-order valence-corrected chi connectivity index (χ2v) is 7.84. The first kappa shape index (κ1) is 21.7. The Morgan fingerprint density at radius 3 is 2.55 bits per heavy atom. The highest BCUT2D eigenvalue weighted by atomic mass is 32.2. The van der Waals surface area contributed by atoms with Gasteiger partial charge in [-0.25, -0.2) is 0 Å². The van der Waals surface area contributed by atoms with Gasteiger partial charge in [-0.1, -0.05) is 34.1 Å². The molecule has 0 spiro atoms. The van der Waals surface area contributed by atoms with E-state index < -0.39 is 12.3 Å². The van der Waals surface area contributed by atoms with E-state index in [1.807, 2.05) is 6.92 Å². The minimum atomic E-state index is -0.818. The van der Waals surface area contributed by atoms with Gasteiger partial charge in [0, 0.05) is 11.7 Å². The molecule has 0 aromatic rings. The Kier molecular flexibility index (Phi) is 11.1. The van der Waals surface area contributed by atoms with Crippen LogP contribution in [-0.2, 0) is 9.53 Å². The van der Waals surface area contributed by atoms with Crippen molar-refractivity contribution in [1.82, 2.24) is 0 Å². The van der Waals surface area contributed by atoms with Crippen molar-refractivity contribution in [1.29, 1.82) is 0 Å². The molecular formula is C16H33NO4S. The zero-order valence-electron chi connectivity index (χ0n) is 14.4. The molecule has 132 valence electrons. The van der Waals surface area contributed by atoms with E-state index in [2.05, 4.69) is 20.8 Å². The first-order chi connectivity index (χ1) is 10.2. The van der Waals surface area contributed by atoms with Gasteiger partial charge in [0.15, 0.2) is 0 Å². The summed E-state index contributed by atoms with van der Waals surface area (Å²) in [5.41, 5.74) is 5.56. The number of hydrogen-bond donors (Lipinski definition) is 3. The van der Waals surface area contributed by atoms with Crippen LogP contribution >= 0.6 is 11.8 Å². The molecular weight excluding hydrogens is 302 g/mol. The van der Waals surface area contributed by atoms with Crippen LogP contribution in [0.5, 0.6) is 0 Å². The van der Waals surface area contributed by atoms with E-state index in [1.54, 1.807) is 11.8 Å². The lowest BCUT2D eigenvalue weighted by molar-refractivity contribution is -0.146. The number of aliphatic hydroxyl groups excluding tert-OH is 2. The highest BCUT2D eigenvalue weighted by molar-refractivity contribution is 7.99. The number of carbonyl (C=O) groups is 1. The van der Waals surface area contributed by atoms with Gasteiger partial charge in [0.25, 0.3) is 0 Å². The van der Waals surface area contributed by atoms with Gasteiger partial charge in [-0.2, -0.15) is 11.8 Å². The first-order valence-electron chi connectivity index (χ1n) is 8.03. The third-order valence-corrected chi connectivity index (χ3v) is 5.22. The highest BCUT2D eigenvalue weighted by Crippen LogP contribution is 2.26. The maximum atomic E-state index is 11.6. The van der Waals surface area contributed by atoms with Gasteiger partial charge in [-0.15, -0.1) is 0 Å². The molecule has 0 amide bonds. The van der Waals surface area contributed by atoms with Crippen molar-refractivity contribution in [2.24, 2.45) is 17.1 Å². The minimum absolute atomic E-state index is 0.00441. The molecule has 3 atom stereocenters. The lowest BCUT2D eigenvalue weighted by Crippen LogP contribution is -2.29. The summed E-state index contributed by atoms with van der Waals surface area (Å²) in [6.45, 7) is 8.41. The van der Waals surface area contributed by atoms with Crippen LogP contribution < -0.4 is 5.73 Å². The summed E-state index contributed by atoms with van der Waals surface area (Å²) in [5.74, 6) is 1.06. The SMILES string of the molecule is CCC(C)(C)CCC(O)COC(=O)CCSCC(C)C(N)O. The number of rotatable bonds is 12. The number of carbonyl (C=O) groups excluding carboxylic acids is 1. The third-order valence-electron chi connectivity index (χ3n) is 3.96. The fraction of sp³-hybridized carbons (Fsp3) is 0.938. The summed E-state index contributed by atoms with van der Waals surface area (Å²) in [5, 5.41) is 19.0. The standard InChI is InChI=1S/C16H33NO4S/c1-5-16(3,4)8-6-13(18)10-21-14(19)7-9-22-11-12(2)15(17)20/h12-13,15,18,20H,5-11,17H2,1-4H3. The zero-order valence-corrected chi connectivity index (χ0v) is 15.2. The number of ether oxygens (including phenoxy) is 1. The van der Waals surface area contributed by atoms with Crippen LogP contribution in [0.15, 0.2) is 0 Å². The molecule has 3 unspecified atom stereocenters. The Labute approximate surface area is 139 Å². The lowest BCUT2D eigenvalue weighted by atomic mass is 9.84. The molecule has 0 saturated carbocycles. The van der Waals surface area contributed by atoms with Crippen molar-refractivity contribution in [3.8, 4) is 0 Å². The largest absolute Gasteiger partial charge is 0.463 e. The Hall–Kier alpha value is -0.300. The van der Waals surface area contributed by atoms with E-state index in [0.717, 1.165) is 12.8 Å². The molecule has 0 rings (SSSR count). The molecule has 0 aliphatic heterocycles. The molecule has 0 heterocycles. The number of esters is 1. The topological polar surface area (TPSA) is 92.8 Å². The van der Waals surface area contributed by atoms with Crippen LogP contribution in [0.25, 0.3) is 0 Å². The Bertz CT molecular complexity index is 311. The molecule has 0 aliphatic carbocycles. The van der Waals surface area contributed by atoms with Gasteiger partial charge in [0.2, 0.25) is 0 Å².